The van der Waals surface area contributed by atoms with Gasteiger partial charge in [-0.1, -0.05) is 45.2 Å². The largest absolute Gasteiger partial charge is 0.471 e. The number of carbonyl (C=O) groups excluding carboxylic acids is 1. The third-order valence-electron chi connectivity index (χ3n) is 5.65. The van der Waals surface area contributed by atoms with Crippen LogP contribution in [0.5, 0.6) is 0 Å². The molecule has 1 amide bonds. The van der Waals surface area contributed by atoms with Crippen molar-refractivity contribution in [2.45, 2.75) is 52.1 Å². The Kier molecular flexibility index (Phi) is 7.11. The van der Waals surface area contributed by atoms with Gasteiger partial charge in [0.05, 0.1) is 11.0 Å². The Balaban J connectivity index is 0.000000305. The zero-order valence-electron chi connectivity index (χ0n) is 18.6. The monoisotopic (exact) mass is 446 g/mol. The van der Waals surface area contributed by atoms with Crippen LogP contribution < -0.4 is 10.6 Å². The number of amides is 1. The molecule has 1 heterocycles. The van der Waals surface area contributed by atoms with E-state index in [9.17, 15) is 18.0 Å². The molecule has 0 radical (unpaired) electrons. The molecule has 32 heavy (non-hydrogen) atoms. The van der Waals surface area contributed by atoms with Crippen molar-refractivity contribution in [3.63, 3.8) is 0 Å². The van der Waals surface area contributed by atoms with Gasteiger partial charge < -0.3 is 15.2 Å². The van der Waals surface area contributed by atoms with E-state index in [1.807, 2.05) is 35.9 Å². The quantitative estimate of drug-likeness (QED) is 0.465. The number of para-hydroxylation sites is 2. The van der Waals surface area contributed by atoms with Gasteiger partial charge in [-0.05, 0) is 54.7 Å². The SMILES string of the molecule is CC1(C)CCCCC1.Cn1c(Nc2ccc(NC(=O)C(F)(F)F)cc2)nc2ccccc21. The van der Waals surface area contributed by atoms with Gasteiger partial charge in [0.15, 0.2) is 0 Å². The summed E-state index contributed by atoms with van der Waals surface area (Å²) in [6.45, 7) is 4.76. The van der Waals surface area contributed by atoms with Gasteiger partial charge in [0, 0.05) is 18.4 Å². The van der Waals surface area contributed by atoms with E-state index in [2.05, 4.69) is 24.1 Å². The van der Waals surface area contributed by atoms with Crippen molar-refractivity contribution in [1.82, 2.24) is 9.55 Å². The molecular formula is C24H29F3N4O. The number of alkyl halides is 3. The van der Waals surface area contributed by atoms with E-state index in [4.69, 9.17) is 0 Å². The number of hydrogen-bond acceptors (Lipinski definition) is 3. The van der Waals surface area contributed by atoms with Crippen LogP contribution in [0.15, 0.2) is 48.5 Å². The summed E-state index contributed by atoms with van der Waals surface area (Å²) in [6.07, 6.45) is 2.40. The Morgan fingerprint density at radius 1 is 0.969 bits per heavy atom. The minimum Gasteiger partial charge on any atom is -0.326 e. The number of halogens is 3. The number of nitrogens with one attached hydrogen (secondary N) is 2. The Hall–Kier alpha value is -3.03. The number of hydrogen-bond donors (Lipinski definition) is 2. The normalized spacial score (nSPS) is 15.6. The van der Waals surface area contributed by atoms with Gasteiger partial charge in [0.1, 0.15) is 0 Å². The van der Waals surface area contributed by atoms with Crippen LogP contribution in [-0.2, 0) is 11.8 Å². The molecule has 3 aromatic rings. The molecule has 1 aliphatic rings. The first kappa shape index (κ1) is 23.6. The molecule has 0 aliphatic heterocycles. The summed E-state index contributed by atoms with van der Waals surface area (Å²) in [5.41, 5.74) is 3.16. The van der Waals surface area contributed by atoms with E-state index in [1.54, 1.807) is 17.4 Å². The number of aryl methyl sites for hydroxylation is 1. The second-order valence-electron chi connectivity index (χ2n) is 8.86. The molecule has 1 aliphatic carbocycles. The Labute approximate surface area is 186 Å². The number of rotatable bonds is 3. The molecule has 0 bridgehead atoms. The lowest BCUT2D eigenvalue weighted by Crippen LogP contribution is -2.29. The van der Waals surface area contributed by atoms with Gasteiger partial charge in [-0.15, -0.1) is 0 Å². The number of nitrogens with zero attached hydrogens (tertiary/aromatic N) is 2. The van der Waals surface area contributed by atoms with Crippen molar-refractivity contribution in [1.29, 1.82) is 0 Å². The maximum absolute atomic E-state index is 12.2. The Bertz CT molecular complexity index is 1050. The summed E-state index contributed by atoms with van der Waals surface area (Å²) in [5.74, 6) is -1.40. The highest BCUT2D eigenvalue weighted by Gasteiger charge is 2.38. The highest BCUT2D eigenvalue weighted by molar-refractivity contribution is 5.95. The van der Waals surface area contributed by atoms with E-state index in [0.29, 0.717) is 17.1 Å². The Morgan fingerprint density at radius 3 is 2.09 bits per heavy atom. The van der Waals surface area contributed by atoms with Crippen LogP contribution in [0.2, 0.25) is 0 Å². The van der Waals surface area contributed by atoms with Gasteiger partial charge in [-0.3, -0.25) is 4.79 Å². The second-order valence-corrected chi connectivity index (χ2v) is 8.86. The number of imidazole rings is 1. The fourth-order valence-electron chi connectivity index (χ4n) is 3.73. The van der Waals surface area contributed by atoms with Crippen molar-refractivity contribution in [2.24, 2.45) is 12.5 Å². The predicted octanol–water partition coefficient (Wildman–Crippen LogP) is 6.79. The highest BCUT2D eigenvalue weighted by Crippen LogP contribution is 2.34. The van der Waals surface area contributed by atoms with Crippen LogP contribution >= 0.6 is 0 Å². The number of carbonyl (C=O) groups is 1. The molecule has 4 rings (SSSR count). The maximum Gasteiger partial charge on any atom is 0.471 e. The summed E-state index contributed by atoms with van der Waals surface area (Å²) in [6, 6.07) is 13.5. The van der Waals surface area contributed by atoms with Crippen molar-refractivity contribution in [3.8, 4) is 0 Å². The molecule has 172 valence electrons. The lowest BCUT2D eigenvalue weighted by atomic mass is 9.78. The smallest absolute Gasteiger partial charge is 0.326 e. The summed E-state index contributed by atoms with van der Waals surface area (Å²) < 4.78 is 38.5. The van der Waals surface area contributed by atoms with Crippen LogP contribution in [0.4, 0.5) is 30.5 Å². The van der Waals surface area contributed by atoms with Crippen LogP contribution in [0.3, 0.4) is 0 Å². The topological polar surface area (TPSA) is 59.0 Å². The van der Waals surface area contributed by atoms with E-state index >= 15 is 0 Å². The van der Waals surface area contributed by atoms with Crippen LogP contribution in [0, 0.1) is 5.41 Å². The van der Waals surface area contributed by atoms with Gasteiger partial charge in [0.2, 0.25) is 5.95 Å². The van der Waals surface area contributed by atoms with Crippen molar-refractivity contribution in [2.75, 3.05) is 10.6 Å². The van der Waals surface area contributed by atoms with Crippen LogP contribution in [-0.4, -0.2) is 21.6 Å². The Morgan fingerprint density at radius 2 is 1.56 bits per heavy atom. The zero-order valence-corrected chi connectivity index (χ0v) is 18.6. The third kappa shape index (κ3) is 6.24. The maximum atomic E-state index is 12.2. The lowest BCUT2D eigenvalue weighted by Gasteiger charge is -2.28. The molecule has 2 N–H and O–H groups in total. The van der Waals surface area contributed by atoms with E-state index in [0.717, 1.165) is 11.0 Å². The molecule has 1 saturated carbocycles. The summed E-state index contributed by atoms with van der Waals surface area (Å²) in [4.78, 5) is 15.3. The van der Waals surface area contributed by atoms with Crippen molar-refractivity contribution in [3.05, 3.63) is 48.5 Å². The van der Waals surface area contributed by atoms with E-state index < -0.39 is 12.1 Å². The number of anilines is 3. The second kappa shape index (κ2) is 9.63. The molecule has 0 spiro atoms. The van der Waals surface area contributed by atoms with Crippen LogP contribution in [0.1, 0.15) is 46.0 Å². The molecule has 0 saturated heterocycles. The summed E-state index contributed by atoms with van der Waals surface area (Å²) in [7, 11) is 1.86. The van der Waals surface area contributed by atoms with E-state index in [1.165, 1.54) is 44.2 Å². The average Bonchev–Trinajstić information content (AvgIpc) is 3.05. The van der Waals surface area contributed by atoms with Gasteiger partial charge in [-0.2, -0.15) is 13.2 Å². The fourth-order valence-corrected chi connectivity index (χ4v) is 3.73. The third-order valence-corrected chi connectivity index (χ3v) is 5.65. The van der Waals surface area contributed by atoms with Gasteiger partial charge >= 0.3 is 12.1 Å². The average molecular weight is 447 g/mol. The first-order chi connectivity index (χ1) is 15.0. The molecule has 1 aromatic heterocycles. The zero-order chi connectivity index (χ0) is 23.4. The van der Waals surface area contributed by atoms with Crippen molar-refractivity contribution < 1.29 is 18.0 Å². The molecule has 8 heteroatoms. The number of fused-ring (bicyclic) bond motifs is 1. The van der Waals surface area contributed by atoms with Crippen molar-refractivity contribution >= 4 is 34.3 Å². The minimum absolute atomic E-state index is 0.0628. The molecule has 5 nitrogen and oxygen atoms in total. The summed E-state index contributed by atoms with van der Waals surface area (Å²) >= 11 is 0. The molecule has 2 aromatic carbocycles. The van der Waals surface area contributed by atoms with Gasteiger partial charge in [-0.25, -0.2) is 4.98 Å². The molecular weight excluding hydrogens is 417 g/mol. The standard InChI is InChI=1S/C16H13F3N4O.C8H16/c1-23-13-5-3-2-4-12(13)22-15(23)21-11-8-6-10(7-9-11)20-14(24)16(17,18)19;1-8(2)6-4-3-5-7-8/h2-9H,1H3,(H,20,24)(H,21,22);3-7H2,1-2H3. The van der Waals surface area contributed by atoms with Gasteiger partial charge in [0.25, 0.3) is 0 Å². The first-order valence-electron chi connectivity index (χ1n) is 10.7. The highest BCUT2D eigenvalue weighted by atomic mass is 19.4. The first-order valence-corrected chi connectivity index (χ1v) is 10.7. The minimum atomic E-state index is -4.91. The number of aromatic nitrogens is 2. The molecule has 1 fully saturated rings. The fraction of sp³-hybridized carbons (Fsp3) is 0.417. The van der Waals surface area contributed by atoms with E-state index in [-0.39, 0.29) is 5.69 Å². The summed E-state index contributed by atoms with van der Waals surface area (Å²) in [5, 5.41) is 4.88. The lowest BCUT2D eigenvalue weighted by molar-refractivity contribution is -0.167. The predicted molar refractivity (Wildman–Crippen MR) is 122 cm³/mol. The van der Waals surface area contributed by atoms with Crippen LogP contribution in [0.25, 0.3) is 11.0 Å². The number of benzene rings is 2. The molecule has 0 atom stereocenters. The molecule has 0 unspecified atom stereocenters.